The normalized spacial score (nSPS) is 15.7. The number of rotatable bonds is 18. The summed E-state index contributed by atoms with van der Waals surface area (Å²) in [5.74, 6) is -0.0262. The summed E-state index contributed by atoms with van der Waals surface area (Å²) < 4.78 is 62.6. The lowest BCUT2D eigenvalue weighted by atomic mass is 9.90. The topological polar surface area (TPSA) is 240 Å². The summed E-state index contributed by atoms with van der Waals surface area (Å²) in [4.78, 5) is 46.8. The number of aryl methyl sites for hydroxylation is 2. The van der Waals surface area contributed by atoms with Crippen molar-refractivity contribution in [1.29, 1.82) is 0 Å². The highest BCUT2D eigenvalue weighted by Gasteiger charge is 2.33. The molecule has 9 rings (SSSR count). The third kappa shape index (κ3) is 14.0. The number of piperidine rings is 2. The van der Waals surface area contributed by atoms with Gasteiger partial charge >= 0.3 is 0 Å². The van der Waals surface area contributed by atoms with Crippen molar-refractivity contribution in [3.05, 3.63) is 173 Å². The number of thiophene rings is 2. The summed E-state index contributed by atoms with van der Waals surface area (Å²) in [7, 11) is -7.26. The Morgan fingerprint density at radius 1 is 0.653 bits per heavy atom. The average Bonchev–Trinajstić information content (AvgIpc) is 4.13. The number of fused-ring (bicyclic) bond motifs is 1. The van der Waals surface area contributed by atoms with E-state index >= 15 is 0 Å². The van der Waals surface area contributed by atoms with Gasteiger partial charge in [0.25, 0.3) is 43.2 Å². The van der Waals surface area contributed by atoms with Crippen LogP contribution in [0.15, 0.2) is 124 Å². The summed E-state index contributed by atoms with van der Waals surface area (Å²) in [6, 6.07) is 32.1. The zero-order chi connectivity index (χ0) is 53.1. The molecule has 2 saturated heterocycles. The molecule has 0 radical (unpaired) electrons. The Kier molecular flexibility index (Phi) is 18.1. The third-order valence-electron chi connectivity index (χ3n) is 13.3. The largest absolute Gasteiger partial charge is 0.490 e. The maximum Gasteiger partial charge on any atom is 0.270 e. The lowest BCUT2D eigenvalue weighted by Crippen LogP contribution is -2.42. The fourth-order valence-corrected chi connectivity index (χ4v) is 15.1. The maximum atomic E-state index is 13.3. The van der Waals surface area contributed by atoms with Crippen LogP contribution in [-0.2, 0) is 52.4 Å². The van der Waals surface area contributed by atoms with E-state index in [2.05, 4.69) is 53.2 Å². The molecule has 0 bridgehead atoms. The van der Waals surface area contributed by atoms with Crippen LogP contribution in [-0.4, -0.2) is 85.4 Å². The number of carbonyl (C=O) groups excluding carboxylic acids is 2. The molecular weight excluding hydrogens is 1040 g/mol. The summed E-state index contributed by atoms with van der Waals surface area (Å²) in [6.45, 7) is 4.09. The molecule has 2 amide bonds. The van der Waals surface area contributed by atoms with Crippen LogP contribution in [0.5, 0.6) is 5.75 Å². The molecule has 0 unspecified atom stereocenters. The van der Waals surface area contributed by atoms with Gasteiger partial charge in [0.15, 0.2) is 0 Å². The SMILES string of the molecule is CCCc1cccc(OC2CCN(S(=O)(=O)c3ccc(CNC(=O)c4ccc([N+](=O)[O-])cc4)s3)CC2)c1.O=C(NCc1ccc(S(=O)(=O)N2CCC(Nc3cccc4c3CCCC4)CC2)s1)c1cccc([N+](=O)[O-])c1. The van der Waals surface area contributed by atoms with E-state index in [4.69, 9.17) is 4.74 Å². The zero-order valence-electron chi connectivity index (χ0n) is 41.4. The Hall–Kier alpha value is -6.56. The Balaban J connectivity index is 0.000000199. The molecule has 75 heavy (non-hydrogen) atoms. The van der Waals surface area contributed by atoms with E-state index in [9.17, 15) is 46.7 Å². The second-order valence-electron chi connectivity index (χ2n) is 18.5. The van der Waals surface area contributed by atoms with Crippen LogP contribution in [0.4, 0.5) is 17.1 Å². The molecule has 1 aliphatic carbocycles. The average molecular weight is 1100 g/mol. The molecule has 2 aliphatic heterocycles. The number of amides is 2. The van der Waals surface area contributed by atoms with E-state index in [1.165, 1.54) is 88.1 Å². The Bertz CT molecular complexity index is 3220. The minimum atomic E-state index is -3.64. The molecule has 4 aromatic carbocycles. The minimum absolute atomic E-state index is 0.0307. The third-order valence-corrected chi connectivity index (χ3v) is 20.2. The van der Waals surface area contributed by atoms with Gasteiger partial charge in [-0.2, -0.15) is 8.61 Å². The number of hydrogen-bond acceptors (Lipinski definition) is 14. The van der Waals surface area contributed by atoms with Crippen LogP contribution in [0, 0.1) is 20.2 Å². The van der Waals surface area contributed by atoms with Gasteiger partial charge in [-0.1, -0.05) is 43.7 Å². The van der Waals surface area contributed by atoms with E-state index in [0.29, 0.717) is 48.8 Å². The number of benzene rings is 4. The van der Waals surface area contributed by atoms with Gasteiger partial charge in [0.2, 0.25) is 0 Å². The minimum Gasteiger partial charge on any atom is -0.490 e. The van der Waals surface area contributed by atoms with Gasteiger partial charge in [-0.15, -0.1) is 22.7 Å². The highest BCUT2D eigenvalue weighted by atomic mass is 32.3. The number of carbonyl (C=O) groups is 2. The molecule has 3 N–H and O–H groups in total. The van der Waals surface area contributed by atoms with Gasteiger partial charge in [0.05, 0.1) is 22.9 Å². The molecule has 396 valence electrons. The van der Waals surface area contributed by atoms with Crippen LogP contribution < -0.4 is 20.7 Å². The number of ether oxygens (including phenoxy) is 1. The lowest BCUT2D eigenvalue weighted by Gasteiger charge is -2.32. The first kappa shape index (κ1) is 54.7. The van der Waals surface area contributed by atoms with Gasteiger partial charge in [-0.05, 0) is 135 Å². The molecule has 0 saturated carbocycles. The van der Waals surface area contributed by atoms with Crippen molar-refractivity contribution in [1.82, 2.24) is 19.2 Å². The Morgan fingerprint density at radius 3 is 1.84 bits per heavy atom. The van der Waals surface area contributed by atoms with E-state index in [0.717, 1.165) is 66.9 Å². The van der Waals surface area contributed by atoms with Gasteiger partial charge < -0.3 is 20.7 Å². The molecule has 3 aliphatic rings. The molecule has 0 atom stereocenters. The van der Waals surface area contributed by atoms with Crippen LogP contribution in [0.25, 0.3) is 0 Å². The first-order valence-electron chi connectivity index (χ1n) is 24.9. The number of nitrogens with one attached hydrogen (secondary N) is 3. The van der Waals surface area contributed by atoms with Gasteiger partial charge in [-0.3, -0.25) is 29.8 Å². The van der Waals surface area contributed by atoms with Crippen molar-refractivity contribution in [2.45, 2.75) is 105 Å². The quantitative estimate of drug-likeness (QED) is 0.0539. The molecule has 6 aromatic rings. The Labute approximate surface area is 444 Å². The van der Waals surface area contributed by atoms with Crippen molar-refractivity contribution in [2.24, 2.45) is 0 Å². The number of hydrogen-bond donors (Lipinski definition) is 3. The number of sulfonamides is 2. The predicted octanol–water partition coefficient (Wildman–Crippen LogP) is 9.50. The first-order chi connectivity index (χ1) is 36.1. The van der Waals surface area contributed by atoms with Crippen molar-refractivity contribution < 1.29 is 41.0 Å². The second-order valence-corrected chi connectivity index (χ2v) is 25.2. The van der Waals surface area contributed by atoms with Gasteiger partial charge in [-0.25, -0.2) is 16.8 Å². The monoisotopic (exact) mass is 1100 g/mol. The highest BCUT2D eigenvalue weighted by Crippen LogP contribution is 2.33. The standard InChI is InChI=1S/C27H30N4O5S2.C26H29N3O6S2/c32-27(20-7-3-8-22(17-20)31(33)34)28-18-23-11-12-26(37-23)38(35,36)30-15-13-21(14-16-30)29-25-10-4-6-19-5-1-2-9-24(19)25;1-2-4-19-5-3-6-23(17-19)35-22-13-15-28(16-14-22)37(33,34)25-12-11-24(36-25)18-27-26(30)20-7-9-21(10-8-20)29(31)32/h3-4,6-8,10-12,17,21,29H,1-2,5,9,13-16,18H2,(H,28,32);3,5-12,17,22H,2,4,13-16,18H2,1H3,(H,27,30). The summed E-state index contributed by atoms with van der Waals surface area (Å²) >= 11 is 2.25. The highest BCUT2D eigenvalue weighted by molar-refractivity contribution is 7.91. The maximum absolute atomic E-state index is 13.3. The van der Waals surface area contributed by atoms with Crippen LogP contribution >= 0.6 is 22.7 Å². The van der Waals surface area contributed by atoms with Crippen LogP contribution in [0.2, 0.25) is 0 Å². The summed E-state index contributed by atoms with van der Waals surface area (Å²) in [5, 5.41) is 30.8. The van der Waals surface area contributed by atoms with E-state index in [1.54, 1.807) is 28.6 Å². The van der Waals surface area contributed by atoms with Crippen molar-refractivity contribution in [3.63, 3.8) is 0 Å². The molecule has 0 spiro atoms. The van der Waals surface area contributed by atoms with Crippen molar-refractivity contribution in [3.8, 4) is 5.75 Å². The van der Waals surface area contributed by atoms with Gasteiger partial charge in [0, 0.05) is 83.1 Å². The molecule has 2 aromatic heterocycles. The molecule has 2 fully saturated rings. The first-order valence-corrected chi connectivity index (χ1v) is 29.4. The summed E-state index contributed by atoms with van der Waals surface area (Å²) in [6.07, 6.45) is 9.40. The zero-order valence-corrected chi connectivity index (χ0v) is 44.6. The molecule has 22 heteroatoms. The predicted molar refractivity (Wildman–Crippen MR) is 289 cm³/mol. The van der Waals surface area contributed by atoms with E-state index in [1.807, 2.05) is 12.1 Å². The van der Waals surface area contributed by atoms with E-state index < -0.39 is 41.7 Å². The number of nitro groups is 2. The lowest BCUT2D eigenvalue weighted by molar-refractivity contribution is -0.385. The van der Waals surface area contributed by atoms with E-state index in [-0.39, 0.29) is 56.2 Å². The molecule has 4 heterocycles. The smallest absolute Gasteiger partial charge is 0.270 e. The fourth-order valence-electron chi connectivity index (χ4n) is 9.30. The number of nitrogens with zero attached hydrogens (tertiary/aromatic N) is 4. The fraction of sp³-hybridized carbons (Fsp3) is 0.358. The summed E-state index contributed by atoms with van der Waals surface area (Å²) in [5.41, 5.74) is 5.48. The molecule has 18 nitrogen and oxygen atoms in total. The van der Waals surface area contributed by atoms with Crippen molar-refractivity contribution >= 4 is 71.6 Å². The van der Waals surface area contributed by atoms with Gasteiger partial charge in [0.1, 0.15) is 20.3 Å². The number of anilines is 1. The van der Waals surface area contributed by atoms with Crippen molar-refractivity contribution in [2.75, 3.05) is 31.5 Å². The van der Waals surface area contributed by atoms with Crippen LogP contribution in [0.1, 0.15) is 99.0 Å². The second kappa shape index (κ2) is 24.9. The molecular formula is C53H59N7O11S4. The number of nitro benzene ring substituents is 2. The number of non-ortho nitro benzene ring substituents is 2. The van der Waals surface area contributed by atoms with Crippen LogP contribution in [0.3, 0.4) is 0 Å². The Morgan fingerprint density at radius 2 is 1.23 bits per heavy atom.